The molecule has 0 amide bonds. The Hall–Kier alpha value is -2.37. The third-order valence-electron chi connectivity index (χ3n) is 5.36. The van der Waals surface area contributed by atoms with Crippen LogP contribution < -0.4 is 5.69 Å². The van der Waals surface area contributed by atoms with Crippen LogP contribution in [0.4, 0.5) is 0 Å². The largest absolute Gasteiger partial charge is 0.327 e. The number of H-pyrrole nitrogens is 1. The molecule has 2 heterocycles. The molecule has 0 spiro atoms. The Bertz CT molecular complexity index is 906. The van der Waals surface area contributed by atoms with E-state index in [1.807, 2.05) is 28.8 Å². The Morgan fingerprint density at radius 2 is 1.65 bits per heavy atom. The number of aromatic amines is 1. The fourth-order valence-corrected chi connectivity index (χ4v) is 4.04. The van der Waals surface area contributed by atoms with E-state index in [9.17, 15) is 4.79 Å². The van der Waals surface area contributed by atoms with E-state index in [1.165, 1.54) is 5.56 Å². The summed E-state index contributed by atoms with van der Waals surface area (Å²) in [5.74, 6) is 0. The van der Waals surface area contributed by atoms with Crippen LogP contribution in [0.5, 0.6) is 0 Å². The Morgan fingerprint density at radius 1 is 0.962 bits per heavy atom. The second-order valence-corrected chi connectivity index (χ2v) is 7.00. The van der Waals surface area contributed by atoms with Gasteiger partial charge in [0.05, 0.1) is 17.2 Å². The molecule has 0 radical (unpaired) electrons. The molecule has 0 bridgehead atoms. The highest BCUT2D eigenvalue weighted by atomic mass is 16.1. The van der Waals surface area contributed by atoms with Crippen LogP contribution in [0, 0.1) is 0 Å². The van der Waals surface area contributed by atoms with Crippen molar-refractivity contribution in [2.24, 2.45) is 0 Å². The summed E-state index contributed by atoms with van der Waals surface area (Å²) in [5.41, 5.74) is 3.26. The molecule has 0 aliphatic carbocycles. The lowest BCUT2D eigenvalue weighted by Gasteiger charge is -2.39. The average molecular weight is 350 g/mol. The molecule has 1 aliphatic heterocycles. The minimum atomic E-state index is -0.00948. The fourth-order valence-electron chi connectivity index (χ4n) is 4.04. The first-order valence-corrected chi connectivity index (χ1v) is 9.46. The van der Waals surface area contributed by atoms with Gasteiger partial charge in [-0.3, -0.25) is 14.4 Å². The van der Waals surface area contributed by atoms with E-state index in [2.05, 4.69) is 52.0 Å². The van der Waals surface area contributed by atoms with Gasteiger partial charge in [0.15, 0.2) is 0 Å². The Labute approximate surface area is 153 Å². The molecule has 1 aliphatic rings. The number of nitrogens with one attached hydrogen (secondary N) is 1. The molecule has 1 aromatic heterocycles. The second kappa shape index (κ2) is 7.48. The van der Waals surface area contributed by atoms with Gasteiger partial charge in [-0.15, -0.1) is 0 Å². The van der Waals surface area contributed by atoms with Gasteiger partial charge in [-0.05, 0) is 24.1 Å². The maximum Gasteiger partial charge on any atom is 0.327 e. The van der Waals surface area contributed by atoms with Gasteiger partial charge in [0, 0.05) is 32.7 Å². The first-order chi connectivity index (χ1) is 12.8. The van der Waals surface area contributed by atoms with Crippen molar-refractivity contribution >= 4 is 11.0 Å². The van der Waals surface area contributed by atoms with Crippen LogP contribution in [0.25, 0.3) is 11.0 Å². The van der Waals surface area contributed by atoms with E-state index in [0.717, 1.165) is 50.2 Å². The zero-order chi connectivity index (χ0) is 17.9. The number of aromatic nitrogens is 2. The molecule has 4 rings (SSSR count). The van der Waals surface area contributed by atoms with Gasteiger partial charge in [-0.25, -0.2) is 4.79 Å². The minimum Gasteiger partial charge on any atom is -0.305 e. The van der Waals surface area contributed by atoms with Gasteiger partial charge in [-0.1, -0.05) is 49.4 Å². The van der Waals surface area contributed by atoms with Gasteiger partial charge in [0.25, 0.3) is 0 Å². The molecular formula is C21H26N4O. The summed E-state index contributed by atoms with van der Waals surface area (Å²) in [6, 6.07) is 18.6. The molecule has 5 heteroatoms. The normalized spacial score (nSPS) is 17.6. The van der Waals surface area contributed by atoms with E-state index >= 15 is 0 Å². The first-order valence-electron chi connectivity index (χ1n) is 9.46. The summed E-state index contributed by atoms with van der Waals surface area (Å²) < 4.78 is 1.93. The van der Waals surface area contributed by atoms with E-state index in [1.54, 1.807) is 0 Å². The van der Waals surface area contributed by atoms with E-state index in [0.29, 0.717) is 0 Å². The third kappa shape index (κ3) is 3.32. The van der Waals surface area contributed by atoms with Crippen molar-refractivity contribution in [3.8, 4) is 0 Å². The number of rotatable bonds is 5. The highest BCUT2D eigenvalue weighted by Crippen LogP contribution is 2.22. The zero-order valence-corrected chi connectivity index (χ0v) is 15.3. The number of hydrogen-bond acceptors (Lipinski definition) is 3. The number of para-hydroxylation sites is 2. The second-order valence-electron chi connectivity index (χ2n) is 7.00. The van der Waals surface area contributed by atoms with Crippen molar-refractivity contribution in [3.63, 3.8) is 0 Å². The van der Waals surface area contributed by atoms with Gasteiger partial charge in [-0.2, -0.15) is 0 Å². The van der Waals surface area contributed by atoms with Crippen molar-refractivity contribution in [2.75, 3.05) is 26.2 Å². The van der Waals surface area contributed by atoms with Crippen LogP contribution in [-0.4, -0.2) is 45.5 Å². The number of benzene rings is 2. The molecule has 2 aromatic carbocycles. The number of fused-ring (bicyclic) bond motifs is 1. The molecule has 1 fully saturated rings. The van der Waals surface area contributed by atoms with Crippen LogP contribution in [0.2, 0.25) is 0 Å². The summed E-state index contributed by atoms with van der Waals surface area (Å²) in [5, 5.41) is 0. The summed E-state index contributed by atoms with van der Waals surface area (Å²) in [4.78, 5) is 20.5. The van der Waals surface area contributed by atoms with Crippen LogP contribution >= 0.6 is 0 Å². The van der Waals surface area contributed by atoms with Crippen LogP contribution in [0.3, 0.4) is 0 Å². The highest BCUT2D eigenvalue weighted by molar-refractivity contribution is 5.75. The quantitative estimate of drug-likeness (QED) is 0.769. The molecular weight excluding hydrogens is 324 g/mol. The molecule has 26 heavy (non-hydrogen) atoms. The summed E-state index contributed by atoms with van der Waals surface area (Å²) in [6.07, 6.45) is 1.03. The molecule has 3 aromatic rings. The van der Waals surface area contributed by atoms with Gasteiger partial charge in [0.1, 0.15) is 0 Å². The number of piperazine rings is 1. The number of hydrogen-bond donors (Lipinski definition) is 1. The van der Waals surface area contributed by atoms with E-state index < -0.39 is 0 Å². The average Bonchev–Trinajstić information content (AvgIpc) is 3.01. The SMILES string of the molecule is CCC(N1CCN(Cc2ccccc2)CC1)n1c(=O)[nH]c2ccccc21. The smallest absolute Gasteiger partial charge is 0.305 e. The summed E-state index contributed by atoms with van der Waals surface area (Å²) >= 11 is 0. The van der Waals surface area contributed by atoms with Crippen molar-refractivity contribution in [1.82, 2.24) is 19.4 Å². The predicted octanol–water partition coefficient (Wildman–Crippen LogP) is 3.06. The standard InChI is InChI=1S/C21H26N4O/c1-2-20(25-19-11-7-6-10-18(19)22-21(25)26)24-14-12-23(13-15-24)16-17-8-4-3-5-9-17/h3-11,20H,2,12-16H2,1H3,(H,22,26). The van der Waals surface area contributed by atoms with Crippen molar-refractivity contribution in [3.05, 3.63) is 70.6 Å². The molecule has 0 saturated carbocycles. The van der Waals surface area contributed by atoms with Gasteiger partial charge < -0.3 is 4.98 Å². The Morgan fingerprint density at radius 3 is 2.38 bits per heavy atom. The molecule has 1 atom stereocenters. The molecule has 136 valence electrons. The Kier molecular flexibility index (Phi) is 4.91. The van der Waals surface area contributed by atoms with Crippen LogP contribution in [0.15, 0.2) is 59.4 Å². The van der Waals surface area contributed by atoms with Crippen molar-refractivity contribution in [1.29, 1.82) is 0 Å². The molecule has 1 N–H and O–H groups in total. The summed E-state index contributed by atoms with van der Waals surface area (Å²) in [7, 11) is 0. The van der Waals surface area contributed by atoms with Gasteiger partial charge >= 0.3 is 5.69 Å². The molecule has 5 nitrogen and oxygen atoms in total. The fraction of sp³-hybridized carbons (Fsp3) is 0.381. The van der Waals surface area contributed by atoms with E-state index in [-0.39, 0.29) is 11.9 Å². The van der Waals surface area contributed by atoms with Crippen LogP contribution in [-0.2, 0) is 6.54 Å². The number of imidazole rings is 1. The minimum absolute atomic E-state index is 0.00948. The van der Waals surface area contributed by atoms with Crippen molar-refractivity contribution < 1.29 is 0 Å². The Balaban J connectivity index is 1.48. The highest BCUT2D eigenvalue weighted by Gasteiger charge is 2.26. The monoisotopic (exact) mass is 350 g/mol. The maximum atomic E-state index is 12.6. The topological polar surface area (TPSA) is 44.3 Å². The lowest BCUT2D eigenvalue weighted by Crippen LogP contribution is -2.49. The van der Waals surface area contributed by atoms with Crippen LogP contribution in [0.1, 0.15) is 25.1 Å². The third-order valence-corrected chi connectivity index (χ3v) is 5.36. The lowest BCUT2D eigenvalue weighted by atomic mass is 10.2. The van der Waals surface area contributed by atoms with Crippen molar-refractivity contribution in [2.45, 2.75) is 26.1 Å². The number of nitrogens with zero attached hydrogens (tertiary/aromatic N) is 3. The zero-order valence-electron chi connectivity index (χ0n) is 15.3. The lowest BCUT2D eigenvalue weighted by molar-refractivity contribution is 0.0599. The van der Waals surface area contributed by atoms with E-state index in [4.69, 9.17) is 0 Å². The summed E-state index contributed by atoms with van der Waals surface area (Å²) in [6.45, 7) is 7.19. The predicted molar refractivity (Wildman–Crippen MR) is 105 cm³/mol. The van der Waals surface area contributed by atoms with Gasteiger partial charge in [0.2, 0.25) is 0 Å². The first kappa shape index (κ1) is 17.1. The molecule has 1 unspecified atom stereocenters. The maximum absolute atomic E-state index is 12.6. The molecule has 1 saturated heterocycles.